The molecule has 1 aliphatic carbocycles. The molecule has 0 aliphatic heterocycles. The summed E-state index contributed by atoms with van der Waals surface area (Å²) < 4.78 is 1.66. The minimum absolute atomic E-state index is 0.108. The second kappa shape index (κ2) is 2.58. The van der Waals surface area contributed by atoms with Crippen molar-refractivity contribution in [2.24, 2.45) is 12.5 Å². The van der Waals surface area contributed by atoms with Gasteiger partial charge in [0.05, 0.1) is 6.20 Å². The quantitative estimate of drug-likeness (QED) is 0.740. The van der Waals surface area contributed by atoms with Gasteiger partial charge in [-0.05, 0) is 12.8 Å². The summed E-state index contributed by atoms with van der Waals surface area (Å²) in [6.45, 7) is 1.98. The standard InChI is InChI=1S/C9H13N3O/c1-9(4-5-9)8(13)11-7-3-6-10-12(7)2/h3,6H,4-5H2,1-2H3,(H,11,13). The fourth-order valence-corrected chi connectivity index (χ4v) is 1.18. The van der Waals surface area contributed by atoms with Crippen molar-refractivity contribution in [2.45, 2.75) is 19.8 Å². The van der Waals surface area contributed by atoms with E-state index in [1.807, 2.05) is 14.0 Å². The fourth-order valence-electron chi connectivity index (χ4n) is 1.18. The monoisotopic (exact) mass is 179 g/mol. The van der Waals surface area contributed by atoms with Crippen LogP contribution in [0.15, 0.2) is 12.3 Å². The predicted octanol–water partition coefficient (Wildman–Crippen LogP) is 1.16. The average Bonchev–Trinajstić information content (AvgIpc) is 2.72. The number of hydrogen-bond acceptors (Lipinski definition) is 2. The molecular weight excluding hydrogens is 166 g/mol. The molecule has 0 unspecified atom stereocenters. The van der Waals surface area contributed by atoms with Gasteiger partial charge in [0.2, 0.25) is 5.91 Å². The third-order valence-electron chi connectivity index (χ3n) is 2.61. The first-order valence-electron chi connectivity index (χ1n) is 4.41. The van der Waals surface area contributed by atoms with Crippen LogP contribution in [0.5, 0.6) is 0 Å². The lowest BCUT2D eigenvalue weighted by molar-refractivity contribution is -0.120. The van der Waals surface area contributed by atoms with Crippen LogP contribution in [-0.2, 0) is 11.8 Å². The van der Waals surface area contributed by atoms with Crippen LogP contribution in [0, 0.1) is 5.41 Å². The van der Waals surface area contributed by atoms with Gasteiger partial charge in [-0.1, -0.05) is 6.92 Å². The van der Waals surface area contributed by atoms with Gasteiger partial charge in [0.25, 0.3) is 0 Å². The first-order valence-corrected chi connectivity index (χ1v) is 4.41. The van der Waals surface area contributed by atoms with Gasteiger partial charge in [0.15, 0.2) is 0 Å². The number of hydrogen-bond donors (Lipinski definition) is 1. The van der Waals surface area contributed by atoms with E-state index in [1.165, 1.54) is 0 Å². The molecule has 0 atom stereocenters. The Morgan fingerprint density at radius 1 is 1.69 bits per heavy atom. The highest BCUT2D eigenvalue weighted by atomic mass is 16.2. The lowest BCUT2D eigenvalue weighted by atomic mass is 10.1. The molecule has 13 heavy (non-hydrogen) atoms. The molecule has 1 aliphatic rings. The van der Waals surface area contributed by atoms with Crippen LogP contribution in [0.1, 0.15) is 19.8 Å². The number of carbonyl (C=O) groups is 1. The minimum atomic E-state index is -0.121. The van der Waals surface area contributed by atoms with Gasteiger partial charge >= 0.3 is 0 Å². The summed E-state index contributed by atoms with van der Waals surface area (Å²) in [5.74, 6) is 0.870. The van der Waals surface area contributed by atoms with Crippen LogP contribution in [0.25, 0.3) is 0 Å². The van der Waals surface area contributed by atoms with E-state index >= 15 is 0 Å². The molecule has 1 N–H and O–H groups in total. The molecule has 0 saturated heterocycles. The van der Waals surface area contributed by atoms with Crippen molar-refractivity contribution in [3.8, 4) is 0 Å². The maximum absolute atomic E-state index is 11.6. The van der Waals surface area contributed by atoms with Gasteiger partial charge in [0, 0.05) is 18.5 Å². The number of amides is 1. The Balaban J connectivity index is 2.06. The lowest BCUT2D eigenvalue weighted by Crippen LogP contribution is -2.22. The molecule has 70 valence electrons. The minimum Gasteiger partial charge on any atom is -0.310 e. The largest absolute Gasteiger partial charge is 0.310 e. The maximum Gasteiger partial charge on any atom is 0.231 e. The average molecular weight is 179 g/mol. The Hall–Kier alpha value is -1.32. The summed E-state index contributed by atoms with van der Waals surface area (Å²) in [5.41, 5.74) is -0.121. The predicted molar refractivity (Wildman–Crippen MR) is 49.2 cm³/mol. The zero-order chi connectivity index (χ0) is 9.47. The zero-order valence-corrected chi connectivity index (χ0v) is 7.87. The van der Waals surface area contributed by atoms with E-state index in [9.17, 15) is 4.79 Å². The first-order chi connectivity index (χ1) is 6.12. The molecular formula is C9H13N3O. The van der Waals surface area contributed by atoms with Crippen LogP contribution in [-0.4, -0.2) is 15.7 Å². The first kappa shape index (κ1) is 8.29. The SMILES string of the molecule is Cn1nccc1NC(=O)C1(C)CC1. The summed E-state index contributed by atoms with van der Waals surface area (Å²) in [6, 6.07) is 1.80. The Kier molecular flexibility index (Phi) is 1.65. The van der Waals surface area contributed by atoms with Crippen molar-refractivity contribution >= 4 is 11.7 Å². The molecule has 4 heteroatoms. The molecule has 0 bridgehead atoms. The Bertz CT molecular complexity index is 338. The van der Waals surface area contributed by atoms with Gasteiger partial charge in [-0.25, -0.2) is 0 Å². The highest BCUT2D eigenvalue weighted by Gasteiger charge is 2.45. The second-order valence-electron chi connectivity index (χ2n) is 3.85. The molecule has 1 fully saturated rings. The van der Waals surface area contributed by atoms with Crippen molar-refractivity contribution in [1.29, 1.82) is 0 Å². The third-order valence-corrected chi connectivity index (χ3v) is 2.61. The van der Waals surface area contributed by atoms with Crippen molar-refractivity contribution in [1.82, 2.24) is 9.78 Å². The highest BCUT2D eigenvalue weighted by Crippen LogP contribution is 2.45. The topological polar surface area (TPSA) is 46.9 Å². The summed E-state index contributed by atoms with van der Waals surface area (Å²) in [4.78, 5) is 11.6. The molecule has 2 rings (SSSR count). The van der Waals surface area contributed by atoms with E-state index < -0.39 is 0 Å². The molecule has 1 heterocycles. The van der Waals surface area contributed by atoms with Crippen LogP contribution in [0.2, 0.25) is 0 Å². The highest BCUT2D eigenvalue weighted by molar-refractivity contribution is 5.96. The van der Waals surface area contributed by atoms with E-state index in [0.29, 0.717) is 0 Å². The van der Waals surface area contributed by atoms with Crippen LogP contribution in [0.4, 0.5) is 5.82 Å². The molecule has 0 spiro atoms. The number of carbonyl (C=O) groups excluding carboxylic acids is 1. The number of nitrogens with zero attached hydrogens (tertiary/aromatic N) is 2. The van der Waals surface area contributed by atoms with Crippen molar-refractivity contribution in [3.05, 3.63) is 12.3 Å². The molecule has 1 amide bonds. The summed E-state index contributed by atoms with van der Waals surface area (Å²) >= 11 is 0. The van der Waals surface area contributed by atoms with Crippen molar-refractivity contribution in [2.75, 3.05) is 5.32 Å². The molecule has 1 aromatic heterocycles. The summed E-state index contributed by atoms with van der Waals surface area (Å²) in [6.07, 6.45) is 3.66. The van der Waals surface area contributed by atoms with E-state index in [4.69, 9.17) is 0 Å². The van der Waals surface area contributed by atoms with Gasteiger partial charge in [0.1, 0.15) is 5.82 Å². The maximum atomic E-state index is 11.6. The van der Waals surface area contributed by atoms with E-state index in [1.54, 1.807) is 16.9 Å². The van der Waals surface area contributed by atoms with Gasteiger partial charge in [-0.2, -0.15) is 5.10 Å². The van der Waals surface area contributed by atoms with Gasteiger partial charge in [-0.3, -0.25) is 9.48 Å². The smallest absolute Gasteiger partial charge is 0.231 e. The Morgan fingerprint density at radius 2 is 2.38 bits per heavy atom. The van der Waals surface area contributed by atoms with E-state index in [2.05, 4.69) is 10.4 Å². The normalized spacial score (nSPS) is 18.3. The van der Waals surface area contributed by atoms with E-state index in [0.717, 1.165) is 18.7 Å². The molecule has 0 radical (unpaired) electrons. The zero-order valence-electron chi connectivity index (χ0n) is 7.87. The number of aryl methyl sites for hydroxylation is 1. The Labute approximate surface area is 76.9 Å². The van der Waals surface area contributed by atoms with Crippen LogP contribution >= 0.6 is 0 Å². The van der Waals surface area contributed by atoms with Crippen molar-refractivity contribution in [3.63, 3.8) is 0 Å². The van der Waals surface area contributed by atoms with E-state index in [-0.39, 0.29) is 11.3 Å². The van der Waals surface area contributed by atoms with Crippen LogP contribution in [0.3, 0.4) is 0 Å². The number of aromatic nitrogens is 2. The Morgan fingerprint density at radius 3 is 2.85 bits per heavy atom. The summed E-state index contributed by atoms with van der Waals surface area (Å²) in [7, 11) is 1.81. The molecule has 0 aromatic carbocycles. The second-order valence-corrected chi connectivity index (χ2v) is 3.85. The fraction of sp³-hybridized carbons (Fsp3) is 0.556. The molecule has 1 aromatic rings. The summed E-state index contributed by atoms with van der Waals surface area (Å²) in [5, 5.41) is 6.83. The number of anilines is 1. The molecule has 4 nitrogen and oxygen atoms in total. The number of rotatable bonds is 2. The van der Waals surface area contributed by atoms with Crippen LogP contribution < -0.4 is 5.32 Å². The number of nitrogens with one attached hydrogen (secondary N) is 1. The van der Waals surface area contributed by atoms with Crippen molar-refractivity contribution < 1.29 is 4.79 Å². The lowest BCUT2D eigenvalue weighted by Gasteiger charge is -2.09. The molecule has 1 saturated carbocycles. The van der Waals surface area contributed by atoms with Gasteiger partial charge in [-0.15, -0.1) is 0 Å². The van der Waals surface area contributed by atoms with Gasteiger partial charge < -0.3 is 5.32 Å². The third kappa shape index (κ3) is 1.43.